The molecule has 38 valence electrons. The predicted molar refractivity (Wildman–Crippen MR) is 32.2 cm³/mol. The van der Waals surface area contributed by atoms with Gasteiger partial charge in [-0.2, -0.15) is 0 Å². The Hall–Kier alpha value is 0.492. The van der Waals surface area contributed by atoms with Crippen LogP contribution in [0.2, 0.25) is 4.28 Å². The minimum atomic E-state index is 0.889. The van der Waals surface area contributed by atoms with Gasteiger partial charge in [0, 0.05) is 0 Å². The Labute approximate surface area is 51.9 Å². The van der Waals surface area contributed by atoms with Crippen molar-refractivity contribution in [3.63, 3.8) is 0 Å². The molecule has 2 rings (SSSR count). The minimum absolute atomic E-state index is 0.889. The second-order valence-corrected chi connectivity index (χ2v) is 5.18. The van der Waals surface area contributed by atoms with E-state index < -0.39 is 0 Å². The highest BCUT2D eigenvalue weighted by atomic mass is 27.0. The van der Waals surface area contributed by atoms with E-state index in [1.165, 1.54) is 29.4 Å². The Morgan fingerprint density at radius 3 is 2.71 bits per heavy atom. The van der Waals surface area contributed by atoms with Crippen molar-refractivity contribution in [1.29, 1.82) is 0 Å². The van der Waals surface area contributed by atoms with Crippen molar-refractivity contribution in [2.24, 2.45) is 5.92 Å². The lowest BCUT2D eigenvalue weighted by atomic mass is 10.4. The summed E-state index contributed by atoms with van der Waals surface area (Å²) in [5.41, 5.74) is 0. The summed E-state index contributed by atoms with van der Waals surface area (Å²) >= 11 is 1.42. The Kier molecular flexibility index (Phi) is 0.673. The van der Waals surface area contributed by atoms with E-state index in [-0.39, 0.29) is 0 Å². The number of hydrogen-bond donors (Lipinski definition) is 1. The van der Waals surface area contributed by atoms with Gasteiger partial charge in [-0.1, -0.05) is 10.7 Å². The number of rotatable bonds is 0. The van der Waals surface area contributed by atoms with Crippen molar-refractivity contribution >= 4 is 16.3 Å². The highest BCUT2D eigenvalue weighted by molar-refractivity contribution is 6.18. The quantitative estimate of drug-likeness (QED) is 0.412. The molecular weight excluding hydrogens is 101 g/mol. The lowest BCUT2D eigenvalue weighted by Crippen LogP contribution is -2.12. The summed E-state index contributed by atoms with van der Waals surface area (Å²) in [4.78, 5) is 0. The van der Waals surface area contributed by atoms with Crippen molar-refractivity contribution in [3.05, 3.63) is 0 Å². The van der Waals surface area contributed by atoms with Crippen LogP contribution in [-0.2, 0) is 0 Å². The fourth-order valence-electron chi connectivity index (χ4n) is 1.57. The maximum absolute atomic E-state index is 3.40. The third-order valence-electron chi connectivity index (χ3n) is 2.46. The molecule has 0 aromatic carbocycles. The third-order valence-corrected chi connectivity index (χ3v) is 4.04. The van der Waals surface area contributed by atoms with Crippen LogP contribution in [0, 0.1) is 5.92 Å². The van der Waals surface area contributed by atoms with Crippen molar-refractivity contribution < 1.29 is 0 Å². The topological polar surface area (TPSA) is 12.0 Å². The Morgan fingerprint density at radius 2 is 2.57 bits per heavy atom. The van der Waals surface area contributed by atoms with E-state index in [9.17, 15) is 0 Å². The van der Waals surface area contributed by atoms with Crippen molar-refractivity contribution in [2.75, 3.05) is 13.1 Å². The van der Waals surface area contributed by atoms with E-state index in [1.807, 2.05) is 0 Å². The molecule has 1 saturated heterocycles. The van der Waals surface area contributed by atoms with E-state index in [0.717, 1.165) is 10.2 Å². The van der Waals surface area contributed by atoms with Gasteiger partial charge in [0.25, 0.3) is 0 Å². The van der Waals surface area contributed by atoms with Crippen LogP contribution in [0.3, 0.4) is 0 Å². The van der Waals surface area contributed by atoms with Gasteiger partial charge in [-0.15, -0.1) is 0 Å². The number of nitrogens with one attached hydrogen (secondary N) is 1. The molecule has 1 aliphatic heterocycles. The second-order valence-electron chi connectivity index (χ2n) is 3.19. The number of fused-ring (bicyclic) bond motifs is 1. The Bertz CT molecular complexity index is 102. The first-order valence-corrected chi connectivity index (χ1v) is 4.02. The van der Waals surface area contributed by atoms with E-state index in [2.05, 4.69) is 5.32 Å². The zero-order valence-corrected chi connectivity index (χ0v) is 6.70. The normalized spacial score (nSPS) is 56.9. The summed E-state index contributed by atoms with van der Waals surface area (Å²) in [6.07, 6.45) is 1.55. The highest BCUT2D eigenvalue weighted by Crippen LogP contribution is 2.58. The van der Waals surface area contributed by atoms with Crippen LogP contribution in [0.5, 0.6) is 0 Å². The molecule has 0 aromatic heterocycles. The number of hydrogen-bond acceptors (Lipinski definition) is 1. The molecule has 0 unspecified atom stereocenters. The molecule has 2 fully saturated rings. The average molecular weight is 111 g/mol. The molecule has 7 heavy (non-hydrogen) atoms. The summed E-state index contributed by atoms with van der Waals surface area (Å²) in [7, 11) is 0. The van der Waals surface area contributed by atoms with Gasteiger partial charge in [-0.3, -0.25) is 0 Å². The summed E-state index contributed by atoms with van der Waals surface area (Å²) < 4.78 is 0.889. The fourth-order valence-corrected chi connectivity index (χ4v) is 2.52. The average Bonchev–Trinajstić information content (AvgIpc) is 2.09. The van der Waals surface area contributed by atoms with Crippen LogP contribution < -0.4 is 5.32 Å². The van der Waals surface area contributed by atoms with Crippen molar-refractivity contribution in [2.45, 2.75) is 10.7 Å². The molecule has 0 spiro atoms. The lowest BCUT2D eigenvalue weighted by Gasteiger charge is -1.97. The molecular formula is C5H10AlN. The van der Waals surface area contributed by atoms with Gasteiger partial charge in [0.2, 0.25) is 16.3 Å². The van der Waals surface area contributed by atoms with Crippen molar-refractivity contribution in [3.8, 4) is 0 Å². The molecule has 2 atom stereocenters. The van der Waals surface area contributed by atoms with Crippen molar-refractivity contribution in [1.82, 2.24) is 5.32 Å². The maximum atomic E-state index is 3.40. The molecule has 1 saturated carbocycles. The van der Waals surface area contributed by atoms with Gasteiger partial charge in [-0.25, -0.2) is 0 Å². The molecule has 1 N–H and O–H groups in total. The smallest absolute Gasteiger partial charge is 0.223 e. The van der Waals surface area contributed by atoms with Gasteiger partial charge in [-0.05, 0) is 19.0 Å². The summed E-state index contributed by atoms with van der Waals surface area (Å²) in [5, 5.41) is 3.40. The molecule has 0 radical (unpaired) electrons. The van der Waals surface area contributed by atoms with Gasteiger partial charge < -0.3 is 5.32 Å². The van der Waals surface area contributed by atoms with E-state index >= 15 is 0 Å². The highest BCUT2D eigenvalue weighted by Gasteiger charge is 2.52. The Balaban J connectivity index is 2.17. The molecule has 0 bridgehead atoms. The monoisotopic (exact) mass is 111 g/mol. The number of piperidine rings is 1. The summed E-state index contributed by atoms with van der Waals surface area (Å²) in [6, 6.07) is 0. The van der Waals surface area contributed by atoms with E-state index in [0.29, 0.717) is 0 Å². The Morgan fingerprint density at radius 1 is 1.71 bits per heavy atom. The molecule has 1 heterocycles. The fraction of sp³-hybridized carbons (Fsp3) is 1.00. The third kappa shape index (κ3) is 0.482. The predicted octanol–water partition coefficient (Wildman–Crippen LogP) is -0.599. The summed E-state index contributed by atoms with van der Waals surface area (Å²) in [5.74, 6) is 1.11. The minimum Gasteiger partial charge on any atom is -0.317 e. The molecule has 1 nitrogen and oxygen atoms in total. The van der Waals surface area contributed by atoms with E-state index in [4.69, 9.17) is 0 Å². The van der Waals surface area contributed by atoms with Crippen LogP contribution in [0.1, 0.15) is 6.42 Å². The van der Waals surface area contributed by atoms with Gasteiger partial charge >= 0.3 is 0 Å². The standard InChI is InChI=1S/C5H8N.Al.2H/c1-4-2-6-3-5(1)4;;;/h4,6H,1-3H2;;;/t4-;;;/m0.../s1. The SMILES string of the molecule is [AlH2][C@@]12CNC[C@@H]1C2. The maximum Gasteiger partial charge on any atom is 0.223 e. The first-order chi connectivity index (χ1) is 3.31. The molecule has 0 amide bonds. The summed E-state index contributed by atoms with van der Waals surface area (Å²) in [6.45, 7) is 2.66. The largest absolute Gasteiger partial charge is 0.317 e. The lowest BCUT2D eigenvalue weighted by molar-refractivity contribution is 0.736. The van der Waals surface area contributed by atoms with Crippen LogP contribution in [0.15, 0.2) is 0 Å². The molecule has 1 aliphatic carbocycles. The van der Waals surface area contributed by atoms with Gasteiger partial charge in [0.05, 0.1) is 0 Å². The zero-order valence-electron chi connectivity index (χ0n) is 4.70. The van der Waals surface area contributed by atoms with Crippen LogP contribution in [0.4, 0.5) is 0 Å². The van der Waals surface area contributed by atoms with Gasteiger partial charge in [0.1, 0.15) is 0 Å². The first-order valence-electron chi connectivity index (χ1n) is 3.02. The molecule has 0 aromatic rings. The zero-order chi connectivity index (χ0) is 4.91. The molecule has 2 heteroatoms. The first kappa shape index (κ1) is 4.38. The molecule has 2 aliphatic rings. The van der Waals surface area contributed by atoms with Crippen LogP contribution in [-0.4, -0.2) is 29.4 Å². The van der Waals surface area contributed by atoms with E-state index in [1.54, 1.807) is 6.42 Å². The van der Waals surface area contributed by atoms with Crippen LogP contribution >= 0.6 is 0 Å². The second kappa shape index (κ2) is 1.08. The van der Waals surface area contributed by atoms with Gasteiger partial charge in [0.15, 0.2) is 0 Å². The van der Waals surface area contributed by atoms with Crippen LogP contribution in [0.25, 0.3) is 0 Å².